The van der Waals surface area contributed by atoms with Gasteiger partial charge in [-0.05, 0) is 55.3 Å². The molecule has 2 aliphatic heterocycles. The molecule has 0 fully saturated rings. The summed E-state index contributed by atoms with van der Waals surface area (Å²) in [4.78, 5) is 39.4. The summed E-state index contributed by atoms with van der Waals surface area (Å²) in [6.45, 7) is 3.88. The number of hydrogen-bond acceptors (Lipinski definition) is 7. The molecule has 1 atom stereocenters. The Morgan fingerprint density at radius 2 is 1.73 bits per heavy atom. The van der Waals surface area contributed by atoms with Crippen LogP contribution in [0, 0.1) is 19.8 Å². The molecule has 3 aromatic carbocycles. The SMILES string of the molecule is Cc1ccc(NC(=O)/C(=N/N=C2/C(=O)Nc3ccccc32)C2C(=O)N(c3ccccc3)N=C2N)cc1C. The van der Waals surface area contributed by atoms with Gasteiger partial charge in [0, 0.05) is 11.3 Å². The van der Waals surface area contributed by atoms with Crippen molar-refractivity contribution in [2.45, 2.75) is 13.8 Å². The molecule has 0 aromatic heterocycles. The molecule has 184 valence electrons. The maximum atomic E-state index is 13.5. The number of nitrogens with two attached hydrogens (primary N) is 1. The number of nitrogens with zero attached hydrogens (tertiary/aromatic N) is 4. The van der Waals surface area contributed by atoms with Crippen molar-refractivity contribution in [1.82, 2.24) is 0 Å². The molecule has 2 heterocycles. The summed E-state index contributed by atoms with van der Waals surface area (Å²) in [5.41, 5.74) is 10.0. The molecule has 4 N–H and O–H groups in total. The zero-order valence-corrected chi connectivity index (χ0v) is 20.1. The lowest BCUT2D eigenvalue weighted by molar-refractivity contribution is -0.119. The quantitative estimate of drug-likeness (QED) is 0.371. The highest BCUT2D eigenvalue weighted by Crippen LogP contribution is 2.26. The molecule has 0 saturated heterocycles. The van der Waals surface area contributed by atoms with E-state index in [2.05, 4.69) is 25.9 Å². The first kappa shape index (κ1) is 23.6. The number of carbonyl (C=O) groups excluding carboxylic acids is 3. The average Bonchev–Trinajstić information content (AvgIpc) is 3.37. The van der Waals surface area contributed by atoms with Crippen LogP contribution in [0.4, 0.5) is 17.1 Å². The predicted molar refractivity (Wildman–Crippen MR) is 143 cm³/mol. The fourth-order valence-corrected chi connectivity index (χ4v) is 4.04. The Balaban J connectivity index is 1.55. The van der Waals surface area contributed by atoms with E-state index in [0.717, 1.165) is 16.1 Å². The van der Waals surface area contributed by atoms with Gasteiger partial charge < -0.3 is 16.4 Å². The minimum absolute atomic E-state index is 0.0213. The standard InChI is InChI=1S/C27H23N7O3/c1-15-12-13-17(14-16(15)2)29-26(36)23(32-31-22-19-10-6-7-11-20(19)30-25(22)35)21-24(28)33-34(27(21)37)18-8-4-3-5-9-18/h3-14,21H,1-2H3,(H2,28,33)(H,29,36)(H,30,31,35)/b32-23+. The van der Waals surface area contributed by atoms with Crippen molar-refractivity contribution in [2.75, 3.05) is 15.6 Å². The number of amides is 3. The molecule has 1 unspecified atom stereocenters. The molecule has 37 heavy (non-hydrogen) atoms. The maximum absolute atomic E-state index is 13.5. The van der Waals surface area contributed by atoms with Crippen molar-refractivity contribution in [2.24, 2.45) is 27.0 Å². The molecule has 10 nitrogen and oxygen atoms in total. The first-order valence-electron chi connectivity index (χ1n) is 11.5. The summed E-state index contributed by atoms with van der Waals surface area (Å²) in [5, 5.41) is 19.0. The van der Waals surface area contributed by atoms with Crippen LogP contribution < -0.4 is 21.4 Å². The van der Waals surface area contributed by atoms with Gasteiger partial charge in [0.25, 0.3) is 17.7 Å². The summed E-state index contributed by atoms with van der Waals surface area (Å²) in [6.07, 6.45) is 0. The maximum Gasteiger partial charge on any atom is 0.276 e. The topological polar surface area (TPSA) is 142 Å². The first-order chi connectivity index (χ1) is 17.8. The summed E-state index contributed by atoms with van der Waals surface area (Å²) < 4.78 is 0. The Bertz CT molecular complexity index is 1530. The largest absolute Gasteiger partial charge is 0.385 e. The third-order valence-electron chi connectivity index (χ3n) is 6.14. The van der Waals surface area contributed by atoms with Crippen molar-refractivity contribution < 1.29 is 14.4 Å². The molecule has 5 rings (SSSR count). The van der Waals surface area contributed by atoms with Gasteiger partial charge >= 0.3 is 0 Å². The fraction of sp³-hybridized carbons (Fsp3) is 0.111. The van der Waals surface area contributed by atoms with Gasteiger partial charge in [0.1, 0.15) is 17.5 Å². The number of rotatable bonds is 5. The number of fused-ring (bicyclic) bond motifs is 1. The lowest BCUT2D eigenvalue weighted by atomic mass is 10.0. The van der Waals surface area contributed by atoms with Crippen LogP contribution in [0.1, 0.15) is 16.7 Å². The minimum atomic E-state index is -1.30. The highest BCUT2D eigenvalue weighted by molar-refractivity contribution is 6.55. The third kappa shape index (κ3) is 4.47. The monoisotopic (exact) mass is 493 g/mol. The van der Waals surface area contributed by atoms with Crippen LogP contribution in [0.3, 0.4) is 0 Å². The number of aryl methyl sites for hydroxylation is 2. The number of hydrazone groups is 1. The highest BCUT2D eigenvalue weighted by Gasteiger charge is 2.42. The lowest BCUT2D eigenvalue weighted by Crippen LogP contribution is -2.41. The van der Waals surface area contributed by atoms with Crippen molar-refractivity contribution in [3.63, 3.8) is 0 Å². The molecule has 3 amide bonds. The van der Waals surface area contributed by atoms with Gasteiger partial charge in [-0.1, -0.05) is 42.5 Å². The lowest BCUT2D eigenvalue weighted by Gasteiger charge is -2.15. The molecule has 0 radical (unpaired) electrons. The minimum Gasteiger partial charge on any atom is -0.385 e. The smallest absolute Gasteiger partial charge is 0.276 e. The second-order valence-corrected chi connectivity index (χ2v) is 8.63. The molecule has 3 aromatic rings. The van der Waals surface area contributed by atoms with Crippen LogP contribution in [0.15, 0.2) is 88.1 Å². The third-order valence-corrected chi connectivity index (χ3v) is 6.14. The number of carbonyl (C=O) groups is 3. The molecule has 0 bridgehead atoms. The van der Waals surface area contributed by atoms with Crippen LogP contribution in [-0.2, 0) is 14.4 Å². The highest BCUT2D eigenvalue weighted by atomic mass is 16.2. The van der Waals surface area contributed by atoms with Gasteiger partial charge in [0.05, 0.1) is 11.4 Å². The molecule has 0 spiro atoms. The summed E-state index contributed by atoms with van der Waals surface area (Å²) in [6, 6.07) is 21.1. The second kappa shape index (κ2) is 9.50. The van der Waals surface area contributed by atoms with E-state index in [1.807, 2.05) is 26.0 Å². The van der Waals surface area contributed by atoms with Gasteiger partial charge in [-0.3, -0.25) is 14.4 Å². The normalized spacial score (nSPS) is 18.1. The Morgan fingerprint density at radius 1 is 1.00 bits per heavy atom. The Labute approximate surface area is 212 Å². The predicted octanol–water partition coefficient (Wildman–Crippen LogP) is 2.97. The summed E-state index contributed by atoms with van der Waals surface area (Å²) in [5.74, 6) is -3.13. The van der Waals surface area contributed by atoms with Crippen LogP contribution in [0.25, 0.3) is 0 Å². The van der Waals surface area contributed by atoms with Gasteiger partial charge in [-0.2, -0.15) is 10.1 Å². The van der Waals surface area contributed by atoms with E-state index in [-0.39, 0.29) is 17.3 Å². The fourth-order valence-electron chi connectivity index (χ4n) is 4.04. The van der Waals surface area contributed by atoms with Crippen LogP contribution in [0.2, 0.25) is 0 Å². The van der Waals surface area contributed by atoms with E-state index >= 15 is 0 Å². The van der Waals surface area contributed by atoms with Gasteiger partial charge in [-0.15, -0.1) is 10.2 Å². The zero-order chi connectivity index (χ0) is 26.1. The van der Waals surface area contributed by atoms with E-state index in [4.69, 9.17) is 5.73 Å². The van der Waals surface area contributed by atoms with E-state index in [1.54, 1.807) is 60.7 Å². The average molecular weight is 494 g/mol. The molecular formula is C27H23N7O3. The van der Waals surface area contributed by atoms with Crippen molar-refractivity contribution in [3.05, 3.63) is 89.5 Å². The molecule has 2 aliphatic rings. The van der Waals surface area contributed by atoms with Crippen molar-refractivity contribution in [3.8, 4) is 0 Å². The summed E-state index contributed by atoms with van der Waals surface area (Å²) in [7, 11) is 0. The van der Waals surface area contributed by atoms with Crippen LogP contribution in [-0.4, -0.2) is 35.0 Å². The molecule has 0 aliphatic carbocycles. The summed E-state index contributed by atoms with van der Waals surface area (Å²) >= 11 is 0. The number of anilines is 3. The van der Waals surface area contributed by atoms with Crippen molar-refractivity contribution >= 4 is 52.0 Å². The van der Waals surface area contributed by atoms with Gasteiger partial charge in [0.2, 0.25) is 0 Å². The second-order valence-electron chi connectivity index (χ2n) is 8.63. The van der Waals surface area contributed by atoms with Crippen molar-refractivity contribution in [1.29, 1.82) is 0 Å². The van der Waals surface area contributed by atoms with E-state index in [1.165, 1.54) is 0 Å². The molecule has 0 saturated carbocycles. The molecular weight excluding hydrogens is 470 g/mol. The van der Waals surface area contributed by atoms with E-state index in [9.17, 15) is 14.4 Å². The van der Waals surface area contributed by atoms with Gasteiger partial charge in [-0.25, -0.2) is 0 Å². The number of hydrogen-bond donors (Lipinski definition) is 3. The number of para-hydroxylation sites is 2. The van der Waals surface area contributed by atoms with E-state index < -0.39 is 23.6 Å². The van der Waals surface area contributed by atoms with Crippen LogP contribution in [0.5, 0.6) is 0 Å². The number of benzene rings is 3. The first-order valence-corrected chi connectivity index (χ1v) is 11.5. The van der Waals surface area contributed by atoms with Crippen LogP contribution >= 0.6 is 0 Å². The zero-order valence-electron chi connectivity index (χ0n) is 20.1. The Kier molecular flexibility index (Phi) is 6.06. The Hall–Kier alpha value is -5.12. The Morgan fingerprint density at radius 3 is 2.49 bits per heavy atom. The number of amidine groups is 1. The number of nitrogens with one attached hydrogen (secondary N) is 2. The van der Waals surface area contributed by atoms with Gasteiger partial charge in [0.15, 0.2) is 5.71 Å². The van der Waals surface area contributed by atoms with E-state index in [0.29, 0.717) is 22.6 Å². The molecule has 10 heteroatoms.